The number of carbonyl (C=O) groups is 1. The number of nitrogens with zero attached hydrogens (tertiary/aromatic N) is 4. The van der Waals surface area contributed by atoms with Crippen LogP contribution >= 0.6 is 11.3 Å². The Morgan fingerprint density at radius 3 is 2.74 bits per heavy atom. The molecule has 146 valence electrons. The van der Waals surface area contributed by atoms with Crippen LogP contribution in [0.1, 0.15) is 31.6 Å². The van der Waals surface area contributed by atoms with Gasteiger partial charge in [-0.25, -0.2) is 8.42 Å². The average Bonchev–Trinajstić information content (AvgIpc) is 3.42. The van der Waals surface area contributed by atoms with Gasteiger partial charge in [0.05, 0.1) is 5.92 Å². The van der Waals surface area contributed by atoms with Crippen LogP contribution in [0.4, 0.5) is 0 Å². The molecule has 0 N–H and O–H groups in total. The van der Waals surface area contributed by atoms with Crippen molar-refractivity contribution in [2.45, 2.75) is 36.8 Å². The molecule has 2 aromatic rings. The molecule has 0 bridgehead atoms. The highest BCUT2D eigenvalue weighted by Gasteiger charge is 2.36. The lowest BCUT2D eigenvalue weighted by molar-refractivity contribution is -0.135. The second-order valence-corrected chi connectivity index (χ2v) is 10.1. The van der Waals surface area contributed by atoms with Crippen LogP contribution in [-0.2, 0) is 14.8 Å². The Kier molecular flexibility index (Phi) is 5.04. The smallest absolute Gasteiger partial charge is 0.252 e. The van der Waals surface area contributed by atoms with Crippen LogP contribution in [0.3, 0.4) is 0 Å². The fourth-order valence-electron chi connectivity index (χ4n) is 3.67. The monoisotopic (exact) mass is 410 g/mol. The zero-order valence-electron chi connectivity index (χ0n) is 15.1. The van der Waals surface area contributed by atoms with Crippen molar-refractivity contribution in [2.75, 3.05) is 26.2 Å². The second kappa shape index (κ2) is 7.33. The van der Waals surface area contributed by atoms with E-state index in [1.807, 2.05) is 4.90 Å². The van der Waals surface area contributed by atoms with Crippen molar-refractivity contribution in [3.8, 4) is 11.4 Å². The molecule has 1 unspecified atom stereocenters. The Morgan fingerprint density at radius 1 is 1.26 bits per heavy atom. The lowest BCUT2D eigenvalue weighted by Crippen LogP contribution is -2.45. The first-order valence-corrected chi connectivity index (χ1v) is 11.5. The lowest BCUT2D eigenvalue weighted by Gasteiger charge is -2.32. The van der Waals surface area contributed by atoms with Crippen molar-refractivity contribution < 1.29 is 17.7 Å². The van der Waals surface area contributed by atoms with Gasteiger partial charge in [0.1, 0.15) is 4.21 Å². The summed E-state index contributed by atoms with van der Waals surface area (Å²) in [6.07, 6.45) is 3.52. The van der Waals surface area contributed by atoms with Crippen LogP contribution in [0.15, 0.2) is 20.2 Å². The summed E-state index contributed by atoms with van der Waals surface area (Å²) < 4.78 is 32.8. The zero-order chi connectivity index (χ0) is 19.0. The van der Waals surface area contributed by atoms with Crippen molar-refractivity contribution in [1.29, 1.82) is 0 Å². The maximum atomic E-state index is 13.1. The number of aromatic nitrogens is 2. The largest absolute Gasteiger partial charge is 0.342 e. The van der Waals surface area contributed by atoms with Crippen molar-refractivity contribution in [2.24, 2.45) is 5.92 Å². The van der Waals surface area contributed by atoms with Gasteiger partial charge < -0.3 is 9.42 Å². The SMILES string of the molecule is Cc1nc(-c2csc(S(=O)(=O)N3CCCC(C(=O)N4CCCC4)C3)c2)no1. The van der Waals surface area contributed by atoms with Crippen molar-refractivity contribution in [3.05, 3.63) is 17.3 Å². The van der Waals surface area contributed by atoms with E-state index in [4.69, 9.17) is 4.52 Å². The summed E-state index contributed by atoms with van der Waals surface area (Å²) in [5.74, 6) is 0.665. The van der Waals surface area contributed by atoms with Gasteiger partial charge in [0, 0.05) is 44.0 Å². The van der Waals surface area contributed by atoms with Crippen LogP contribution in [0.2, 0.25) is 0 Å². The molecule has 0 radical (unpaired) electrons. The molecular formula is C17H22N4O4S2. The van der Waals surface area contributed by atoms with E-state index in [2.05, 4.69) is 10.1 Å². The van der Waals surface area contributed by atoms with Crippen molar-refractivity contribution >= 4 is 27.3 Å². The number of hydrogen-bond acceptors (Lipinski definition) is 7. The second-order valence-electron chi connectivity index (χ2n) is 7.03. The number of amides is 1. The molecular weight excluding hydrogens is 388 g/mol. The van der Waals surface area contributed by atoms with Crippen molar-refractivity contribution in [3.63, 3.8) is 0 Å². The molecule has 2 aliphatic rings. The Morgan fingerprint density at radius 2 is 2.04 bits per heavy atom. The van der Waals surface area contributed by atoms with E-state index in [-0.39, 0.29) is 22.6 Å². The highest BCUT2D eigenvalue weighted by atomic mass is 32.2. The van der Waals surface area contributed by atoms with Gasteiger partial charge in [-0.3, -0.25) is 4.79 Å². The third-order valence-corrected chi connectivity index (χ3v) is 8.39. The number of thiophene rings is 1. The fourth-order valence-corrected chi connectivity index (χ4v) is 6.51. The molecule has 0 aliphatic carbocycles. The Bertz CT molecular complexity index is 930. The molecule has 2 fully saturated rings. The molecule has 1 amide bonds. The van der Waals surface area contributed by atoms with E-state index in [0.29, 0.717) is 30.2 Å². The predicted molar refractivity (Wildman–Crippen MR) is 99.6 cm³/mol. The summed E-state index contributed by atoms with van der Waals surface area (Å²) in [7, 11) is -3.64. The molecule has 1 atom stereocenters. The van der Waals surface area contributed by atoms with E-state index in [1.54, 1.807) is 18.4 Å². The molecule has 4 heterocycles. The molecule has 8 nitrogen and oxygen atoms in total. The third-order valence-electron chi connectivity index (χ3n) is 5.11. The summed E-state index contributed by atoms with van der Waals surface area (Å²) in [5.41, 5.74) is 0.622. The van der Waals surface area contributed by atoms with E-state index in [9.17, 15) is 13.2 Å². The molecule has 2 aliphatic heterocycles. The first-order valence-electron chi connectivity index (χ1n) is 9.13. The fraction of sp³-hybridized carbons (Fsp3) is 0.588. The van der Waals surface area contributed by atoms with E-state index in [1.165, 1.54) is 4.31 Å². The van der Waals surface area contributed by atoms with Crippen LogP contribution in [0, 0.1) is 12.8 Å². The summed E-state index contributed by atoms with van der Waals surface area (Å²) >= 11 is 1.14. The summed E-state index contributed by atoms with van der Waals surface area (Å²) in [6.45, 7) is 3.97. The number of piperidine rings is 1. The van der Waals surface area contributed by atoms with E-state index >= 15 is 0 Å². The minimum absolute atomic E-state index is 0.0986. The normalized spacial score (nSPS) is 21.7. The predicted octanol–water partition coefficient (Wildman–Crippen LogP) is 2.13. The molecule has 27 heavy (non-hydrogen) atoms. The molecule has 0 spiro atoms. The number of sulfonamides is 1. The Balaban J connectivity index is 1.51. The van der Waals surface area contributed by atoms with Gasteiger partial charge in [0.2, 0.25) is 17.6 Å². The minimum atomic E-state index is -3.64. The van der Waals surface area contributed by atoms with Crippen LogP contribution in [0.25, 0.3) is 11.4 Å². The first-order chi connectivity index (χ1) is 12.9. The standard InChI is InChI=1S/C17H22N4O4S2/c1-12-18-16(19-25-12)14-9-15(26-11-14)27(23,24)21-8-4-5-13(10-21)17(22)20-6-2-3-7-20/h9,11,13H,2-8,10H2,1H3. The molecule has 0 aromatic carbocycles. The van der Waals surface area contributed by atoms with Crippen molar-refractivity contribution in [1.82, 2.24) is 19.3 Å². The number of carbonyl (C=O) groups excluding carboxylic acids is 1. The average molecular weight is 411 g/mol. The topological polar surface area (TPSA) is 96.6 Å². The van der Waals surface area contributed by atoms with Gasteiger partial charge in [-0.2, -0.15) is 9.29 Å². The van der Waals surface area contributed by atoms with Crippen LogP contribution in [-0.4, -0.2) is 59.8 Å². The minimum Gasteiger partial charge on any atom is -0.342 e. The first kappa shape index (κ1) is 18.6. The molecule has 2 saturated heterocycles. The zero-order valence-corrected chi connectivity index (χ0v) is 16.8. The number of aryl methyl sites for hydroxylation is 1. The number of rotatable bonds is 4. The molecule has 2 aromatic heterocycles. The molecule has 0 saturated carbocycles. The maximum Gasteiger partial charge on any atom is 0.252 e. The number of likely N-dealkylation sites (tertiary alicyclic amines) is 1. The van der Waals surface area contributed by atoms with Crippen LogP contribution in [0.5, 0.6) is 0 Å². The van der Waals surface area contributed by atoms with E-state index in [0.717, 1.165) is 43.7 Å². The Hall–Kier alpha value is -1.78. The maximum absolute atomic E-state index is 13.1. The molecule has 10 heteroatoms. The van der Waals surface area contributed by atoms with Gasteiger partial charge in [-0.1, -0.05) is 5.16 Å². The van der Waals surface area contributed by atoms with Gasteiger partial charge >= 0.3 is 0 Å². The van der Waals surface area contributed by atoms with Crippen LogP contribution < -0.4 is 0 Å². The van der Waals surface area contributed by atoms with Gasteiger partial charge in [-0.15, -0.1) is 11.3 Å². The number of hydrogen-bond donors (Lipinski definition) is 0. The van der Waals surface area contributed by atoms with E-state index < -0.39 is 10.0 Å². The molecule has 4 rings (SSSR count). The van der Waals surface area contributed by atoms with Gasteiger partial charge in [0.15, 0.2) is 0 Å². The lowest BCUT2D eigenvalue weighted by atomic mass is 9.98. The van der Waals surface area contributed by atoms with Gasteiger partial charge in [0.25, 0.3) is 10.0 Å². The Labute approximate surface area is 162 Å². The highest BCUT2D eigenvalue weighted by Crippen LogP contribution is 2.31. The van der Waals surface area contributed by atoms with Gasteiger partial charge in [-0.05, 0) is 31.7 Å². The summed E-state index contributed by atoms with van der Waals surface area (Å²) in [4.78, 5) is 18.7. The summed E-state index contributed by atoms with van der Waals surface area (Å²) in [5, 5.41) is 5.55. The summed E-state index contributed by atoms with van der Waals surface area (Å²) in [6, 6.07) is 1.58. The third kappa shape index (κ3) is 3.65. The highest BCUT2D eigenvalue weighted by molar-refractivity contribution is 7.91. The quantitative estimate of drug-likeness (QED) is 0.766.